The van der Waals surface area contributed by atoms with Crippen LogP contribution in [0, 0.1) is 0 Å². The summed E-state index contributed by atoms with van der Waals surface area (Å²) in [5.41, 5.74) is 2.07. The summed E-state index contributed by atoms with van der Waals surface area (Å²) in [4.78, 5) is 2.36. The number of phenols is 1. The second-order valence-electron chi connectivity index (χ2n) is 6.36. The van der Waals surface area contributed by atoms with Crippen LogP contribution in [-0.4, -0.2) is 17.3 Å². The SMILES string of the molecule is CCC1(CC)CN(C(C)c2ccccc2)c2cc(O)ccc2O1. The van der Waals surface area contributed by atoms with Crippen molar-refractivity contribution >= 4 is 5.69 Å². The van der Waals surface area contributed by atoms with Crippen LogP contribution in [0.25, 0.3) is 0 Å². The van der Waals surface area contributed by atoms with Gasteiger partial charge in [-0.15, -0.1) is 0 Å². The van der Waals surface area contributed by atoms with Crippen molar-refractivity contribution < 1.29 is 9.84 Å². The van der Waals surface area contributed by atoms with Gasteiger partial charge in [-0.1, -0.05) is 44.2 Å². The van der Waals surface area contributed by atoms with Gasteiger partial charge >= 0.3 is 0 Å². The monoisotopic (exact) mass is 311 g/mol. The van der Waals surface area contributed by atoms with E-state index in [1.165, 1.54) is 5.56 Å². The Kier molecular flexibility index (Phi) is 4.20. The summed E-state index contributed by atoms with van der Waals surface area (Å²) in [7, 11) is 0. The molecule has 0 aliphatic carbocycles. The van der Waals surface area contributed by atoms with Gasteiger partial charge in [0, 0.05) is 6.07 Å². The maximum atomic E-state index is 9.92. The maximum absolute atomic E-state index is 9.92. The van der Waals surface area contributed by atoms with E-state index in [1.54, 1.807) is 6.07 Å². The highest BCUT2D eigenvalue weighted by Gasteiger charge is 2.39. The smallest absolute Gasteiger partial charge is 0.143 e. The molecule has 23 heavy (non-hydrogen) atoms. The highest BCUT2D eigenvalue weighted by atomic mass is 16.5. The Balaban J connectivity index is 2.05. The lowest BCUT2D eigenvalue weighted by Gasteiger charge is -2.46. The molecule has 0 aromatic heterocycles. The fraction of sp³-hybridized carbons (Fsp3) is 0.400. The summed E-state index contributed by atoms with van der Waals surface area (Å²) >= 11 is 0. The third kappa shape index (κ3) is 2.88. The number of aromatic hydroxyl groups is 1. The van der Waals surface area contributed by atoms with E-state index < -0.39 is 0 Å². The molecule has 1 heterocycles. The van der Waals surface area contributed by atoms with Crippen LogP contribution in [0.4, 0.5) is 5.69 Å². The van der Waals surface area contributed by atoms with E-state index in [9.17, 15) is 5.11 Å². The van der Waals surface area contributed by atoms with Crippen LogP contribution in [0.2, 0.25) is 0 Å². The van der Waals surface area contributed by atoms with Gasteiger partial charge in [0.25, 0.3) is 0 Å². The van der Waals surface area contributed by atoms with E-state index in [-0.39, 0.29) is 17.4 Å². The Morgan fingerprint density at radius 2 is 1.83 bits per heavy atom. The summed E-state index contributed by atoms with van der Waals surface area (Å²) in [6.45, 7) is 7.40. The Bertz CT molecular complexity index is 665. The predicted octanol–water partition coefficient (Wildman–Crippen LogP) is 4.91. The van der Waals surface area contributed by atoms with Crippen molar-refractivity contribution in [1.82, 2.24) is 0 Å². The molecule has 3 rings (SSSR count). The van der Waals surface area contributed by atoms with Crippen molar-refractivity contribution in [3.63, 3.8) is 0 Å². The van der Waals surface area contributed by atoms with E-state index >= 15 is 0 Å². The van der Waals surface area contributed by atoms with E-state index in [2.05, 4.69) is 49.9 Å². The van der Waals surface area contributed by atoms with Gasteiger partial charge in [0.2, 0.25) is 0 Å². The van der Waals surface area contributed by atoms with Crippen molar-refractivity contribution in [2.75, 3.05) is 11.4 Å². The molecule has 0 amide bonds. The normalized spacial score (nSPS) is 17.3. The minimum absolute atomic E-state index is 0.174. The van der Waals surface area contributed by atoms with Crippen molar-refractivity contribution in [2.45, 2.75) is 45.3 Å². The molecule has 0 spiro atoms. The van der Waals surface area contributed by atoms with Gasteiger partial charge in [-0.2, -0.15) is 0 Å². The number of rotatable bonds is 4. The topological polar surface area (TPSA) is 32.7 Å². The molecule has 2 aromatic carbocycles. The zero-order chi connectivity index (χ0) is 16.4. The van der Waals surface area contributed by atoms with Crippen LogP contribution in [0.15, 0.2) is 48.5 Å². The van der Waals surface area contributed by atoms with E-state index in [0.717, 1.165) is 30.8 Å². The molecule has 0 saturated heterocycles. The molecular weight excluding hydrogens is 286 g/mol. The third-order valence-electron chi connectivity index (χ3n) is 5.08. The molecule has 3 heteroatoms. The standard InChI is InChI=1S/C20H25NO2/c1-4-20(5-2)14-21(15(3)16-9-7-6-8-10-16)18-13-17(22)11-12-19(18)23-20/h6-13,15,22H,4-5,14H2,1-3H3. The van der Waals surface area contributed by atoms with Gasteiger partial charge in [0.1, 0.15) is 17.1 Å². The Labute approximate surface area is 138 Å². The zero-order valence-electron chi connectivity index (χ0n) is 14.1. The first-order valence-electron chi connectivity index (χ1n) is 8.42. The molecule has 3 nitrogen and oxygen atoms in total. The van der Waals surface area contributed by atoms with Gasteiger partial charge in [-0.3, -0.25) is 0 Å². The van der Waals surface area contributed by atoms with E-state index in [0.29, 0.717) is 0 Å². The first-order chi connectivity index (χ1) is 11.1. The molecule has 1 unspecified atom stereocenters. The Morgan fingerprint density at radius 1 is 1.13 bits per heavy atom. The Hall–Kier alpha value is -2.16. The molecular formula is C20H25NO2. The highest BCUT2D eigenvalue weighted by Crippen LogP contribution is 2.44. The van der Waals surface area contributed by atoms with Crippen molar-refractivity contribution in [2.24, 2.45) is 0 Å². The largest absolute Gasteiger partial charge is 0.508 e. The molecule has 0 fully saturated rings. The van der Waals surface area contributed by atoms with E-state index in [4.69, 9.17) is 4.74 Å². The van der Waals surface area contributed by atoms with Gasteiger partial charge in [-0.25, -0.2) is 0 Å². The van der Waals surface area contributed by atoms with Crippen molar-refractivity contribution in [3.8, 4) is 11.5 Å². The average molecular weight is 311 g/mol. The lowest BCUT2D eigenvalue weighted by molar-refractivity contribution is 0.0550. The molecule has 1 aliphatic heterocycles. The average Bonchev–Trinajstić information content (AvgIpc) is 2.61. The van der Waals surface area contributed by atoms with Crippen LogP contribution >= 0.6 is 0 Å². The van der Waals surface area contributed by atoms with Gasteiger partial charge in [0.05, 0.1) is 18.3 Å². The van der Waals surface area contributed by atoms with Crippen LogP contribution in [0.3, 0.4) is 0 Å². The number of phenolic OH excluding ortho intramolecular Hbond substituents is 1. The number of anilines is 1. The van der Waals surface area contributed by atoms with Crippen LogP contribution in [-0.2, 0) is 0 Å². The molecule has 0 radical (unpaired) electrons. The fourth-order valence-corrected chi connectivity index (χ4v) is 3.35. The fourth-order valence-electron chi connectivity index (χ4n) is 3.35. The molecule has 1 aliphatic rings. The van der Waals surface area contributed by atoms with Gasteiger partial charge < -0.3 is 14.7 Å². The summed E-state index contributed by atoms with van der Waals surface area (Å²) in [6.07, 6.45) is 1.92. The number of nitrogens with zero attached hydrogens (tertiary/aromatic N) is 1. The highest BCUT2D eigenvalue weighted by molar-refractivity contribution is 5.64. The maximum Gasteiger partial charge on any atom is 0.143 e. The number of fused-ring (bicyclic) bond motifs is 1. The summed E-state index contributed by atoms with van der Waals surface area (Å²) < 4.78 is 6.34. The number of hydrogen-bond acceptors (Lipinski definition) is 3. The van der Waals surface area contributed by atoms with Crippen molar-refractivity contribution in [1.29, 1.82) is 0 Å². The molecule has 1 N–H and O–H groups in total. The van der Waals surface area contributed by atoms with Crippen LogP contribution in [0.5, 0.6) is 11.5 Å². The van der Waals surface area contributed by atoms with Crippen LogP contribution < -0.4 is 9.64 Å². The van der Waals surface area contributed by atoms with E-state index in [1.807, 2.05) is 18.2 Å². The second-order valence-corrected chi connectivity index (χ2v) is 6.36. The van der Waals surface area contributed by atoms with Gasteiger partial charge in [0.15, 0.2) is 0 Å². The number of ether oxygens (including phenoxy) is 1. The molecule has 0 saturated carbocycles. The lowest BCUT2D eigenvalue weighted by atomic mass is 9.92. The molecule has 122 valence electrons. The van der Waals surface area contributed by atoms with Crippen molar-refractivity contribution in [3.05, 3.63) is 54.1 Å². The quantitative estimate of drug-likeness (QED) is 0.870. The molecule has 2 aromatic rings. The predicted molar refractivity (Wildman–Crippen MR) is 94.3 cm³/mol. The summed E-state index contributed by atoms with van der Waals surface area (Å²) in [5.74, 6) is 1.14. The zero-order valence-corrected chi connectivity index (χ0v) is 14.1. The number of hydrogen-bond donors (Lipinski definition) is 1. The number of benzene rings is 2. The first kappa shape index (κ1) is 15.7. The Morgan fingerprint density at radius 3 is 2.48 bits per heavy atom. The second kappa shape index (κ2) is 6.15. The first-order valence-corrected chi connectivity index (χ1v) is 8.42. The summed E-state index contributed by atoms with van der Waals surface area (Å²) in [6, 6.07) is 16.1. The third-order valence-corrected chi connectivity index (χ3v) is 5.08. The van der Waals surface area contributed by atoms with Crippen LogP contribution in [0.1, 0.15) is 45.2 Å². The minimum Gasteiger partial charge on any atom is -0.508 e. The lowest BCUT2D eigenvalue weighted by Crippen LogP contribution is -2.51. The molecule has 1 atom stereocenters. The molecule has 0 bridgehead atoms. The summed E-state index contributed by atoms with van der Waals surface area (Å²) in [5, 5.41) is 9.92. The minimum atomic E-state index is -0.174. The van der Waals surface area contributed by atoms with Gasteiger partial charge in [-0.05, 0) is 37.5 Å².